The number of amides is 2. The first kappa shape index (κ1) is 29.9. The third-order valence-corrected chi connectivity index (χ3v) is 8.86. The third kappa shape index (κ3) is 6.53. The van der Waals surface area contributed by atoms with E-state index in [4.69, 9.17) is 10.5 Å². The lowest BCUT2D eigenvalue weighted by Crippen LogP contribution is -2.51. The van der Waals surface area contributed by atoms with Crippen molar-refractivity contribution in [3.8, 4) is 11.1 Å². The standard InChI is InChI=1S/C37H44N4O3/c1-37(2,3)44-36(43)40-20-18-31(28-13-9-12-27(22-28)26-10-5-4-6-11-26)33(25-40)35(42)41(30-16-17-30)24-29-23-39(21-19-38)34-15-8-7-14-32(29)34/h4-15,22-23,30-31,33H,16-21,24-25,38H2,1-3H3/t31-,33+/m1/s1. The number of hydrogen-bond donors (Lipinski definition) is 1. The summed E-state index contributed by atoms with van der Waals surface area (Å²) in [6.45, 7) is 8.35. The summed E-state index contributed by atoms with van der Waals surface area (Å²) in [6.07, 6.45) is 4.51. The van der Waals surface area contributed by atoms with Crippen LogP contribution in [-0.4, -0.2) is 57.6 Å². The Balaban J connectivity index is 1.34. The molecule has 1 aromatic heterocycles. The summed E-state index contributed by atoms with van der Waals surface area (Å²) in [7, 11) is 0. The second-order valence-corrected chi connectivity index (χ2v) is 13.3. The molecule has 0 radical (unpaired) electrons. The molecule has 2 N–H and O–H groups in total. The molecular weight excluding hydrogens is 548 g/mol. The quantitative estimate of drug-likeness (QED) is 0.244. The number of carbonyl (C=O) groups is 2. The fraction of sp³-hybridized carbons (Fsp3) is 0.405. The van der Waals surface area contributed by atoms with Crippen LogP contribution in [0, 0.1) is 5.92 Å². The van der Waals surface area contributed by atoms with Crippen molar-refractivity contribution in [2.24, 2.45) is 11.7 Å². The van der Waals surface area contributed by atoms with Crippen LogP contribution in [0.2, 0.25) is 0 Å². The van der Waals surface area contributed by atoms with Crippen molar-refractivity contribution in [2.75, 3.05) is 19.6 Å². The Bertz CT molecular complexity index is 1620. The summed E-state index contributed by atoms with van der Waals surface area (Å²) in [5, 5.41) is 1.16. The van der Waals surface area contributed by atoms with E-state index in [9.17, 15) is 9.59 Å². The van der Waals surface area contributed by atoms with Crippen LogP contribution in [0.4, 0.5) is 4.79 Å². The van der Waals surface area contributed by atoms with Crippen LogP contribution in [0.25, 0.3) is 22.0 Å². The van der Waals surface area contributed by atoms with Gasteiger partial charge in [-0.25, -0.2) is 4.79 Å². The van der Waals surface area contributed by atoms with Crippen molar-refractivity contribution in [3.63, 3.8) is 0 Å². The lowest BCUT2D eigenvalue weighted by molar-refractivity contribution is -0.139. The average Bonchev–Trinajstić information content (AvgIpc) is 3.81. The van der Waals surface area contributed by atoms with Crippen LogP contribution in [0.15, 0.2) is 85.1 Å². The van der Waals surface area contributed by atoms with Gasteiger partial charge in [-0.1, -0.05) is 72.8 Å². The molecule has 7 heteroatoms. The van der Waals surface area contributed by atoms with Gasteiger partial charge in [0.15, 0.2) is 0 Å². The van der Waals surface area contributed by atoms with E-state index >= 15 is 0 Å². The number of nitrogens with two attached hydrogens (primary N) is 1. The molecule has 1 saturated carbocycles. The lowest BCUT2D eigenvalue weighted by atomic mass is 9.79. The Hall–Kier alpha value is -4.10. The maximum atomic E-state index is 14.8. The molecule has 2 heterocycles. The van der Waals surface area contributed by atoms with Gasteiger partial charge in [0.1, 0.15) is 5.60 Å². The van der Waals surface area contributed by atoms with E-state index in [1.54, 1.807) is 4.90 Å². The Morgan fingerprint density at radius 3 is 2.39 bits per heavy atom. The molecule has 2 aliphatic rings. The van der Waals surface area contributed by atoms with Gasteiger partial charge in [-0.15, -0.1) is 0 Å². The fourth-order valence-corrected chi connectivity index (χ4v) is 6.62. The van der Waals surface area contributed by atoms with Crippen molar-refractivity contribution < 1.29 is 14.3 Å². The smallest absolute Gasteiger partial charge is 0.410 e. The first-order chi connectivity index (χ1) is 21.2. The number of carbonyl (C=O) groups excluding carboxylic acids is 2. The van der Waals surface area contributed by atoms with Gasteiger partial charge >= 0.3 is 6.09 Å². The van der Waals surface area contributed by atoms with Gasteiger partial charge in [-0.05, 0) is 74.3 Å². The van der Waals surface area contributed by atoms with E-state index in [0.29, 0.717) is 32.6 Å². The van der Waals surface area contributed by atoms with Crippen molar-refractivity contribution >= 4 is 22.9 Å². The highest BCUT2D eigenvalue weighted by molar-refractivity contribution is 5.86. The molecule has 0 bridgehead atoms. The monoisotopic (exact) mass is 592 g/mol. The van der Waals surface area contributed by atoms with Crippen LogP contribution >= 0.6 is 0 Å². The number of likely N-dealkylation sites (tertiary alicyclic amines) is 1. The zero-order valence-electron chi connectivity index (χ0n) is 26.1. The minimum absolute atomic E-state index is 0.00955. The van der Waals surface area contributed by atoms with Crippen LogP contribution < -0.4 is 5.73 Å². The normalized spacial score (nSPS) is 18.8. The van der Waals surface area contributed by atoms with Crippen molar-refractivity contribution in [1.82, 2.24) is 14.4 Å². The summed E-state index contributed by atoms with van der Waals surface area (Å²) in [4.78, 5) is 31.8. The molecule has 2 amide bonds. The maximum Gasteiger partial charge on any atom is 0.410 e. The number of nitrogens with zero attached hydrogens (tertiary/aromatic N) is 3. The number of hydrogen-bond acceptors (Lipinski definition) is 4. The Kier molecular flexibility index (Phi) is 8.50. The highest BCUT2D eigenvalue weighted by atomic mass is 16.6. The lowest BCUT2D eigenvalue weighted by Gasteiger charge is -2.40. The molecule has 44 heavy (non-hydrogen) atoms. The predicted molar refractivity (Wildman–Crippen MR) is 175 cm³/mol. The highest BCUT2D eigenvalue weighted by Gasteiger charge is 2.43. The largest absolute Gasteiger partial charge is 0.444 e. The molecule has 7 nitrogen and oxygen atoms in total. The molecular formula is C37H44N4O3. The van der Waals surface area contributed by atoms with Crippen molar-refractivity contribution in [1.29, 1.82) is 0 Å². The second-order valence-electron chi connectivity index (χ2n) is 13.3. The number of fused-ring (bicyclic) bond motifs is 1. The van der Waals surface area contributed by atoms with Crippen LogP contribution in [0.3, 0.4) is 0 Å². The molecule has 4 aromatic rings. The van der Waals surface area contributed by atoms with Crippen LogP contribution in [0.1, 0.15) is 57.1 Å². The van der Waals surface area contributed by atoms with Gasteiger partial charge in [0.05, 0.1) is 5.92 Å². The zero-order chi connectivity index (χ0) is 30.8. The summed E-state index contributed by atoms with van der Waals surface area (Å²) in [5.41, 5.74) is 11.0. The van der Waals surface area contributed by atoms with Gasteiger partial charge in [-0.3, -0.25) is 4.79 Å². The average molecular weight is 593 g/mol. The number of benzene rings is 3. The second kappa shape index (κ2) is 12.5. The van der Waals surface area contributed by atoms with E-state index < -0.39 is 5.60 Å². The zero-order valence-corrected chi connectivity index (χ0v) is 26.1. The summed E-state index contributed by atoms with van der Waals surface area (Å²) < 4.78 is 7.96. The fourth-order valence-electron chi connectivity index (χ4n) is 6.62. The number of piperidine rings is 1. The van der Waals surface area contributed by atoms with E-state index in [1.807, 2.05) is 45.0 Å². The Morgan fingerprint density at radius 1 is 0.932 bits per heavy atom. The van der Waals surface area contributed by atoms with Crippen LogP contribution in [0.5, 0.6) is 0 Å². The molecule has 1 aliphatic carbocycles. The van der Waals surface area contributed by atoms with Gasteiger partial charge in [-0.2, -0.15) is 0 Å². The minimum Gasteiger partial charge on any atom is -0.444 e. The number of para-hydroxylation sites is 1. The van der Waals surface area contributed by atoms with Crippen molar-refractivity contribution in [3.05, 3.63) is 96.2 Å². The molecule has 0 spiro atoms. The molecule has 3 aromatic carbocycles. The van der Waals surface area contributed by atoms with E-state index in [0.717, 1.165) is 52.5 Å². The molecule has 230 valence electrons. The molecule has 6 rings (SSSR count). The highest BCUT2D eigenvalue weighted by Crippen LogP contribution is 2.40. The maximum absolute atomic E-state index is 14.8. The predicted octanol–water partition coefficient (Wildman–Crippen LogP) is 6.80. The molecule has 0 unspecified atom stereocenters. The summed E-state index contributed by atoms with van der Waals surface area (Å²) >= 11 is 0. The summed E-state index contributed by atoms with van der Waals surface area (Å²) in [5.74, 6) is -0.267. The third-order valence-electron chi connectivity index (χ3n) is 8.86. The van der Waals surface area contributed by atoms with Gasteiger partial charge in [0, 0.05) is 55.9 Å². The van der Waals surface area contributed by atoms with Gasteiger partial charge in [0.25, 0.3) is 0 Å². The van der Waals surface area contributed by atoms with E-state index in [-0.39, 0.29) is 29.9 Å². The van der Waals surface area contributed by atoms with Gasteiger partial charge < -0.3 is 24.8 Å². The molecule has 1 aliphatic heterocycles. The topological polar surface area (TPSA) is 80.8 Å². The van der Waals surface area contributed by atoms with E-state index in [1.165, 1.54) is 0 Å². The minimum atomic E-state index is -0.602. The number of rotatable bonds is 8. The number of aromatic nitrogens is 1. The van der Waals surface area contributed by atoms with E-state index in [2.05, 4.69) is 70.3 Å². The molecule has 2 atom stereocenters. The molecule has 2 fully saturated rings. The van der Waals surface area contributed by atoms with Gasteiger partial charge in [0.2, 0.25) is 5.91 Å². The summed E-state index contributed by atoms with van der Waals surface area (Å²) in [6, 6.07) is 27.5. The first-order valence-corrected chi connectivity index (χ1v) is 15.9. The van der Waals surface area contributed by atoms with Crippen molar-refractivity contribution in [2.45, 2.75) is 70.7 Å². The van der Waals surface area contributed by atoms with Crippen LogP contribution in [-0.2, 0) is 22.6 Å². The molecule has 1 saturated heterocycles. The Morgan fingerprint density at radius 2 is 1.66 bits per heavy atom. The SMILES string of the molecule is CC(C)(C)OC(=O)N1CC[C@H](c2cccc(-c3ccccc3)c2)[C@@H](C(=O)N(Cc2cn(CCN)c3ccccc23)C2CC2)C1. The first-order valence-electron chi connectivity index (χ1n) is 15.9. The Labute approximate surface area is 260 Å². The number of ether oxygens (including phenoxy) is 1.